The molecule has 20 heavy (non-hydrogen) atoms. The van der Waals surface area contributed by atoms with Crippen LogP contribution >= 0.6 is 0 Å². The SMILES string of the molecule is CC(C)CCCO[Si](C)(C)OC/C=C/c1ccccc1. The van der Waals surface area contributed by atoms with Gasteiger partial charge in [0.15, 0.2) is 0 Å². The van der Waals surface area contributed by atoms with Gasteiger partial charge in [-0.05, 0) is 37.4 Å². The van der Waals surface area contributed by atoms with Gasteiger partial charge in [-0.1, -0.05) is 56.3 Å². The zero-order valence-electron chi connectivity index (χ0n) is 13.3. The van der Waals surface area contributed by atoms with Crippen molar-refractivity contribution in [3.05, 3.63) is 42.0 Å². The first-order valence-corrected chi connectivity index (χ1v) is 10.3. The maximum atomic E-state index is 5.91. The first-order valence-electron chi connectivity index (χ1n) is 7.49. The predicted octanol–water partition coefficient (Wildman–Crippen LogP) is 4.87. The smallest absolute Gasteiger partial charge is 0.331 e. The summed E-state index contributed by atoms with van der Waals surface area (Å²) in [5.74, 6) is 0.748. The van der Waals surface area contributed by atoms with Crippen LogP contribution in [0.3, 0.4) is 0 Å². The molecule has 0 heterocycles. The van der Waals surface area contributed by atoms with Crippen molar-refractivity contribution in [3.8, 4) is 0 Å². The fourth-order valence-electron chi connectivity index (χ4n) is 1.85. The lowest BCUT2D eigenvalue weighted by molar-refractivity contribution is 0.189. The number of rotatable bonds is 9. The van der Waals surface area contributed by atoms with Crippen LogP contribution in [0.5, 0.6) is 0 Å². The van der Waals surface area contributed by atoms with Crippen LogP contribution in [-0.4, -0.2) is 21.8 Å². The highest BCUT2D eigenvalue weighted by Crippen LogP contribution is 2.10. The summed E-state index contributed by atoms with van der Waals surface area (Å²) in [5.41, 5.74) is 1.20. The van der Waals surface area contributed by atoms with E-state index in [2.05, 4.69) is 51.2 Å². The van der Waals surface area contributed by atoms with E-state index in [-0.39, 0.29) is 0 Å². The summed E-state index contributed by atoms with van der Waals surface area (Å²) in [6.07, 6.45) is 6.49. The van der Waals surface area contributed by atoms with Crippen LogP contribution in [0.15, 0.2) is 36.4 Å². The lowest BCUT2D eigenvalue weighted by atomic mass is 10.1. The van der Waals surface area contributed by atoms with Gasteiger partial charge in [0.2, 0.25) is 0 Å². The molecule has 0 saturated carbocycles. The molecule has 1 rings (SSSR count). The molecule has 112 valence electrons. The average Bonchev–Trinajstić information content (AvgIpc) is 2.41. The predicted molar refractivity (Wildman–Crippen MR) is 88.9 cm³/mol. The summed E-state index contributed by atoms with van der Waals surface area (Å²) in [4.78, 5) is 0. The van der Waals surface area contributed by atoms with E-state index in [0.29, 0.717) is 6.61 Å². The Morgan fingerprint density at radius 1 is 1.10 bits per heavy atom. The number of hydrogen-bond acceptors (Lipinski definition) is 2. The number of benzene rings is 1. The molecule has 0 aromatic heterocycles. The second kappa shape index (κ2) is 9.11. The van der Waals surface area contributed by atoms with Crippen LogP contribution in [0, 0.1) is 5.92 Å². The molecule has 0 atom stereocenters. The summed E-state index contributed by atoms with van der Waals surface area (Å²) in [5, 5.41) is 0. The van der Waals surface area contributed by atoms with Crippen molar-refractivity contribution in [1.82, 2.24) is 0 Å². The normalized spacial score (nSPS) is 12.4. The molecule has 0 fully saturated rings. The molecule has 0 radical (unpaired) electrons. The zero-order chi connectivity index (χ0) is 14.8. The fraction of sp³-hybridized carbons (Fsp3) is 0.529. The standard InChI is InChI=1S/C17H28O2Si/c1-16(2)10-8-14-18-20(3,4)19-15-9-13-17-11-6-5-7-12-17/h5-7,9,11-13,16H,8,10,14-15H2,1-4H3/b13-9+. The van der Waals surface area contributed by atoms with E-state index >= 15 is 0 Å². The molecule has 0 saturated heterocycles. The minimum Gasteiger partial charge on any atom is -0.395 e. The van der Waals surface area contributed by atoms with Gasteiger partial charge in [0.25, 0.3) is 0 Å². The first kappa shape index (κ1) is 17.1. The quantitative estimate of drug-likeness (QED) is 0.477. The van der Waals surface area contributed by atoms with Crippen molar-refractivity contribution in [2.24, 2.45) is 5.92 Å². The van der Waals surface area contributed by atoms with Gasteiger partial charge < -0.3 is 8.85 Å². The number of hydrogen-bond donors (Lipinski definition) is 0. The second-order valence-corrected chi connectivity index (χ2v) is 9.29. The van der Waals surface area contributed by atoms with E-state index in [1.54, 1.807) is 0 Å². The third-order valence-electron chi connectivity index (χ3n) is 3.01. The van der Waals surface area contributed by atoms with Gasteiger partial charge in [0.1, 0.15) is 0 Å². The summed E-state index contributed by atoms with van der Waals surface area (Å²) >= 11 is 0. The molecular formula is C17H28O2Si. The van der Waals surface area contributed by atoms with E-state index < -0.39 is 8.56 Å². The van der Waals surface area contributed by atoms with Crippen LogP contribution in [0.4, 0.5) is 0 Å². The summed E-state index contributed by atoms with van der Waals surface area (Å²) in [6, 6.07) is 10.3. The Labute approximate surface area is 125 Å². The second-order valence-electron chi connectivity index (χ2n) is 5.91. The molecule has 0 aliphatic rings. The molecule has 0 aliphatic heterocycles. The highest BCUT2D eigenvalue weighted by Gasteiger charge is 2.23. The summed E-state index contributed by atoms with van der Waals surface area (Å²) in [6.45, 7) is 10.1. The van der Waals surface area contributed by atoms with E-state index in [4.69, 9.17) is 8.85 Å². The highest BCUT2D eigenvalue weighted by molar-refractivity contribution is 6.64. The van der Waals surface area contributed by atoms with E-state index in [1.165, 1.54) is 12.0 Å². The molecule has 0 unspecified atom stereocenters. The molecule has 0 bridgehead atoms. The lowest BCUT2D eigenvalue weighted by Gasteiger charge is -2.22. The molecule has 0 amide bonds. The van der Waals surface area contributed by atoms with Crippen molar-refractivity contribution in [1.29, 1.82) is 0 Å². The fourth-order valence-corrected chi connectivity index (χ4v) is 3.07. The minimum atomic E-state index is -1.96. The third kappa shape index (κ3) is 8.30. The maximum absolute atomic E-state index is 5.91. The van der Waals surface area contributed by atoms with Crippen molar-refractivity contribution in [3.63, 3.8) is 0 Å². The first-order chi connectivity index (χ1) is 9.49. The molecular weight excluding hydrogens is 264 g/mol. The van der Waals surface area contributed by atoms with Crippen LogP contribution in [-0.2, 0) is 8.85 Å². The minimum absolute atomic E-state index is 0.623. The molecule has 0 spiro atoms. The Morgan fingerprint density at radius 3 is 2.45 bits per heavy atom. The van der Waals surface area contributed by atoms with Gasteiger partial charge in [-0.25, -0.2) is 0 Å². The van der Waals surface area contributed by atoms with Gasteiger partial charge in [0, 0.05) is 6.61 Å². The monoisotopic (exact) mass is 292 g/mol. The average molecular weight is 292 g/mol. The molecule has 1 aromatic rings. The Kier molecular flexibility index (Phi) is 7.81. The molecule has 0 aliphatic carbocycles. The van der Waals surface area contributed by atoms with Gasteiger partial charge >= 0.3 is 8.56 Å². The van der Waals surface area contributed by atoms with E-state index in [1.807, 2.05) is 18.2 Å². The van der Waals surface area contributed by atoms with Crippen molar-refractivity contribution >= 4 is 14.6 Å². The van der Waals surface area contributed by atoms with Gasteiger partial charge in [-0.15, -0.1) is 0 Å². The van der Waals surface area contributed by atoms with Gasteiger partial charge in [-0.3, -0.25) is 0 Å². The Bertz CT molecular complexity index is 385. The molecule has 3 heteroatoms. The highest BCUT2D eigenvalue weighted by atomic mass is 28.4. The van der Waals surface area contributed by atoms with Crippen molar-refractivity contribution in [2.75, 3.05) is 13.2 Å². The topological polar surface area (TPSA) is 18.5 Å². The van der Waals surface area contributed by atoms with Crippen LogP contribution in [0.25, 0.3) is 6.08 Å². The Hall–Kier alpha value is -0.903. The van der Waals surface area contributed by atoms with Crippen LogP contribution in [0.1, 0.15) is 32.3 Å². The largest absolute Gasteiger partial charge is 0.395 e. The molecule has 1 aromatic carbocycles. The van der Waals surface area contributed by atoms with Crippen LogP contribution in [0.2, 0.25) is 13.1 Å². The van der Waals surface area contributed by atoms with Gasteiger partial charge in [0.05, 0.1) is 6.61 Å². The van der Waals surface area contributed by atoms with Crippen molar-refractivity contribution in [2.45, 2.75) is 39.8 Å². The molecule has 2 nitrogen and oxygen atoms in total. The van der Waals surface area contributed by atoms with E-state index in [9.17, 15) is 0 Å². The maximum Gasteiger partial charge on any atom is 0.331 e. The van der Waals surface area contributed by atoms with E-state index in [0.717, 1.165) is 18.9 Å². The zero-order valence-corrected chi connectivity index (χ0v) is 14.3. The summed E-state index contributed by atoms with van der Waals surface area (Å²) < 4.78 is 11.8. The third-order valence-corrected chi connectivity index (χ3v) is 4.77. The van der Waals surface area contributed by atoms with Gasteiger partial charge in [-0.2, -0.15) is 0 Å². The molecule has 0 N–H and O–H groups in total. The lowest BCUT2D eigenvalue weighted by Crippen LogP contribution is -2.35. The van der Waals surface area contributed by atoms with Crippen LogP contribution < -0.4 is 0 Å². The Morgan fingerprint density at radius 2 is 1.80 bits per heavy atom. The summed E-state index contributed by atoms with van der Waals surface area (Å²) in [7, 11) is -1.96. The van der Waals surface area contributed by atoms with Crippen molar-refractivity contribution < 1.29 is 8.85 Å². The Balaban J connectivity index is 2.20.